The quantitative estimate of drug-likeness (QED) is 0.0222. The van der Waals surface area contributed by atoms with E-state index >= 15 is 0 Å². The van der Waals surface area contributed by atoms with E-state index in [-0.39, 0.29) is 79.4 Å². The van der Waals surface area contributed by atoms with Gasteiger partial charge < -0.3 is 46.9 Å². The number of primary amides is 1. The number of thiazole rings is 6. The number of urea groups is 1. The molecule has 0 bridgehead atoms. The van der Waals surface area contributed by atoms with Gasteiger partial charge in [0.2, 0.25) is 11.8 Å². The predicted molar refractivity (Wildman–Crippen MR) is 339 cm³/mol. The average Bonchev–Trinajstić information content (AvgIpc) is 2.27. The number of hydrogen-bond acceptors (Lipinski definition) is 22. The van der Waals surface area contributed by atoms with Gasteiger partial charge in [-0.25, -0.2) is 39.7 Å². The number of carboxylic acid groups (broad SMARTS) is 2. The molecular weight excluding hydrogens is 1260 g/mol. The van der Waals surface area contributed by atoms with Crippen molar-refractivity contribution in [2.45, 2.75) is 96.9 Å². The zero-order chi connectivity index (χ0) is 63.5. The molecule has 31 heteroatoms. The van der Waals surface area contributed by atoms with E-state index in [1.54, 1.807) is 51.0 Å². The number of nitrogens with one attached hydrogen (secondary N) is 4. The van der Waals surface area contributed by atoms with Crippen molar-refractivity contribution in [2.75, 3.05) is 38.7 Å². The summed E-state index contributed by atoms with van der Waals surface area (Å²) in [6.07, 6.45) is 2.08. The molecule has 2 unspecified atom stereocenters. The van der Waals surface area contributed by atoms with E-state index in [0.717, 1.165) is 29.2 Å². The number of amides is 7. The second kappa shape index (κ2) is 29.8. The van der Waals surface area contributed by atoms with Crippen molar-refractivity contribution >= 4 is 121 Å². The van der Waals surface area contributed by atoms with E-state index in [2.05, 4.69) is 43.4 Å². The number of hydrogen-bond donors (Lipinski definition) is 7. The van der Waals surface area contributed by atoms with Crippen molar-refractivity contribution in [3.8, 4) is 43.4 Å². The predicted octanol–water partition coefficient (Wildman–Crippen LogP) is 8.41. The van der Waals surface area contributed by atoms with Crippen LogP contribution in [-0.2, 0) is 43.4 Å². The maximum Gasteiger partial charge on any atom is 0.326 e. The Morgan fingerprint density at radius 3 is 2.19 bits per heavy atom. The first-order chi connectivity index (χ1) is 42.8. The highest BCUT2D eigenvalue weighted by atomic mass is 32.1. The van der Waals surface area contributed by atoms with Crippen LogP contribution in [-0.4, -0.2) is 137 Å². The fourth-order valence-corrected chi connectivity index (χ4v) is 15.0. The summed E-state index contributed by atoms with van der Waals surface area (Å²) in [5.41, 5.74) is 9.13. The zero-order valence-corrected chi connectivity index (χ0v) is 53.7. The van der Waals surface area contributed by atoms with Gasteiger partial charge >= 0.3 is 18.0 Å². The monoisotopic (exact) mass is 1320 g/mol. The van der Waals surface area contributed by atoms with Crippen molar-refractivity contribution in [3.05, 3.63) is 111 Å². The number of nitrogens with zero attached hydrogens (tertiary/aromatic N) is 9. The average molecular weight is 1320 g/mol. The Balaban J connectivity index is 0.989. The van der Waals surface area contributed by atoms with E-state index in [4.69, 9.17) is 35.4 Å². The lowest BCUT2D eigenvalue weighted by molar-refractivity contribution is -0.138. The summed E-state index contributed by atoms with van der Waals surface area (Å²) in [4.78, 5) is 141. The minimum absolute atomic E-state index is 0.0196. The summed E-state index contributed by atoms with van der Waals surface area (Å²) in [6, 6.07) is 11.3. The smallest absolute Gasteiger partial charge is 0.326 e. The van der Waals surface area contributed by atoms with Crippen LogP contribution in [0.4, 0.5) is 10.6 Å². The van der Waals surface area contributed by atoms with Crippen LogP contribution < -0.4 is 31.9 Å². The van der Waals surface area contributed by atoms with Crippen molar-refractivity contribution in [2.24, 2.45) is 11.7 Å². The number of carboxylic acids is 2. The van der Waals surface area contributed by atoms with Crippen molar-refractivity contribution in [3.63, 3.8) is 0 Å². The van der Waals surface area contributed by atoms with Crippen LogP contribution in [0.25, 0.3) is 43.4 Å². The number of carbonyl (C=O) groups is 8. The number of aromatic nitrogens is 7. The number of aryl methyl sites for hydroxylation is 3. The molecule has 1 aliphatic rings. The van der Waals surface area contributed by atoms with Crippen molar-refractivity contribution in [1.29, 1.82) is 0 Å². The van der Waals surface area contributed by atoms with E-state index in [1.807, 2.05) is 42.8 Å². The third-order valence-electron chi connectivity index (χ3n) is 14.0. The lowest BCUT2D eigenvalue weighted by Gasteiger charge is -2.20. The van der Waals surface area contributed by atoms with Gasteiger partial charge in [-0.3, -0.25) is 38.5 Å². The number of nitrogens with two attached hydrogens (primary N) is 1. The van der Waals surface area contributed by atoms with Crippen LogP contribution in [0.3, 0.4) is 0 Å². The molecule has 89 heavy (non-hydrogen) atoms. The lowest BCUT2D eigenvalue weighted by Crippen LogP contribution is -2.35. The number of carbonyl (C=O) groups excluding carboxylic acids is 6. The molecule has 25 nitrogen and oxygen atoms in total. The van der Waals surface area contributed by atoms with Gasteiger partial charge in [0.05, 0.1) is 53.3 Å². The second-order valence-corrected chi connectivity index (χ2v) is 26.7. The van der Waals surface area contributed by atoms with Gasteiger partial charge in [-0.15, -0.1) is 68.0 Å². The largest absolute Gasteiger partial charge is 0.481 e. The lowest BCUT2D eigenvalue weighted by atomic mass is 10.0. The molecule has 7 amide bonds. The fourth-order valence-electron chi connectivity index (χ4n) is 9.57. The molecule has 1 saturated heterocycles. The molecule has 8 N–H and O–H groups in total. The van der Waals surface area contributed by atoms with Gasteiger partial charge in [-0.05, 0) is 56.2 Å². The van der Waals surface area contributed by atoms with Gasteiger partial charge in [0.15, 0.2) is 0 Å². The molecule has 466 valence electrons. The maximum atomic E-state index is 14.4. The normalized spacial score (nSPS) is 13.8. The second-order valence-electron chi connectivity index (χ2n) is 20.8. The van der Waals surface area contributed by atoms with Crippen LogP contribution in [0.15, 0.2) is 64.0 Å². The molecule has 0 spiro atoms. The molecule has 0 radical (unpaired) electrons. The summed E-state index contributed by atoms with van der Waals surface area (Å²) in [6.45, 7) is 5.56. The molecular formula is C58H62N14O11S6. The van der Waals surface area contributed by atoms with Gasteiger partial charge in [-0.1, -0.05) is 44.2 Å². The number of benzene rings is 1. The standard InChI is InChI=1S/C58H62N14O11S6/c1-29(2)46(57-70-49(39(89-57)24-83-5)51(80)61-22-40(59)73)68-52(81)47-30(3)88-56(69-47)35(21-42(74)60-4)64-50(79)37-26-85-53(66-37)33-17-18-34(63-48(33)36-25-86-55(65-36)38-27-84-43(62-38)19-16-31-11-7-6-8-12-31)54-67-41(28-87-54)72-32(13-9-14-44(75)76)23-71(58(72)82)20-10-15-45(77)78/h6-8,11-12,17-18,25-29,32,35,46H,9-10,13-16,19-24H2,1-5H3,(H2,59,73)(H,60,74)(H,61,80)(H,64,79)(H,68,81)(H,75,76)(H,77,78)/t32?,35-,46?/m0/s1. The molecule has 1 aliphatic heterocycles. The molecule has 0 aliphatic carbocycles. The highest BCUT2D eigenvalue weighted by Gasteiger charge is 2.39. The molecule has 8 aromatic rings. The minimum Gasteiger partial charge on any atom is -0.481 e. The highest BCUT2D eigenvalue weighted by molar-refractivity contribution is 7.15. The molecule has 1 fully saturated rings. The van der Waals surface area contributed by atoms with Crippen molar-refractivity contribution in [1.82, 2.24) is 61.1 Å². The summed E-state index contributed by atoms with van der Waals surface area (Å²) in [5, 5.41) is 40.0. The maximum absolute atomic E-state index is 14.4. The summed E-state index contributed by atoms with van der Waals surface area (Å²) in [5.74, 6) is -4.78. The number of aliphatic carboxylic acids is 2. The Hall–Kier alpha value is -8.33. The number of methoxy groups -OCH3 is 1. The number of ether oxygens (including phenoxy) is 1. The van der Waals surface area contributed by atoms with E-state index in [1.165, 1.54) is 65.1 Å². The van der Waals surface area contributed by atoms with Gasteiger partial charge in [0.1, 0.15) is 65.0 Å². The molecule has 3 atom stereocenters. The number of pyridine rings is 1. The molecule has 9 rings (SSSR count). The third kappa shape index (κ3) is 16.3. The fraction of sp³-hybridized carbons (Fsp3) is 0.362. The summed E-state index contributed by atoms with van der Waals surface area (Å²) < 4.78 is 5.32. The van der Waals surface area contributed by atoms with Crippen molar-refractivity contribution < 1.29 is 53.3 Å². The van der Waals surface area contributed by atoms with E-state index < -0.39 is 66.1 Å². The first-order valence-corrected chi connectivity index (χ1v) is 33.2. The van der Waals surface area contributed by atoms with Crippen LogP contribution in [0, 0.1) is 12.8 Å². The Bertz CT molecular complexity index is 3890. The van der Waals surface area contributed by atoms with Crippen LogP contribution in [0.1, 0.15) is 126 Å². The minimum atomic E-state index is -1.01. The van der Waals surface area contributed by atoms with Gasteiger partial charge in [0, 0.05) is 78.5 Å². The van der Waals surface area contributed by atoms with Gasteiger partial charge in [0.25, 0.3) is 17.7 Å². The van der Waals surface area contributed by atoms with Crippen LogP contribution in [0.5, 0.6) is 0 Å². The van der Waals surface area contributed by atoms with E-state index in [9.17, 15) is 48.6 Å². The molecule has 7 aromatic heterocycles. The van der Waals surface area contributed by atoms with Crippen LogP contribution >= 0.6 is 68.0 Å². The highest BCUT2D eigenvalue weighted by Crippen LogP contribution is 2.40. The van der Waals surface area contributed by atoms with E-state index in [0.29, 0.717) is 76.8 Å². The Kier molecular flexibility index (Phi) is 21.8. The van der Waals surface area contributed by atoms with Gasteiger partial charge in [-0.2, -0.15) is 0 Å². The topological polar surface area (TPSA) is 357 Å². The SMILES string of the molecule is CNC(=O)C[C@H](NC(=O)c1csc(-c2ccc(-c3nc(N4C(=O)N(CCCC(=O)O)CC4CCCC(=O)O)cs3)nc2-c2csc(-c3csc(CCc4ccccc4)n3)n2)n1)c1nc(C(=O)NC(c2nc(C(=O)NCC(N)=O)c(COC)s2)C(C)C)c(C)s1. The molecule has 0 saturated carbocycles. The van der Waals surface area contributed by atoms with Crippen LogP contribution in [0.2, 0.25) is 0 Å². The summed E-state index contributed by atoms with van der Waals surface area (Å²) in [7, 11) is 2.93. The Labute approximate surface area is 534 Å². The summed E-state index contributed by atoms with van der Waals surface area (Å²) >= 11 is 7.68. The zero-order valence-electron chi connectivity index (χ0n) is 48.8. The Morgan fingerprint density at radius 1 is 0.742 bits per heavy atom. The number of anilines is 1. The first-order valence-electron chi connectivity index (χ1n) is 28.0. The first kappa shape index (κ1) is 65.1. The Morgan fingerprint density at radius 2 is 1.46 bits per heavy atom. The third-order valence-corrected chi connectivity index (χ3v) is 19.7. The molecule has 8 heterocycles. The number of rotatable bonds is 30. The molecule has 1 aromatic carbocycles.